The first kappa shape index (κ1) is 10.4. The molecule has 0 aliphatic carbocycles. The Hall–Kier alpha value is -0.570. The van der Waals surface area contributed by atoms with Gasteiger partial charge in [0.25, 0.3) is 0 Å². The molecule has 0 saturated heterocycles. The zero-order valence-electron chi connectivity index (χ0n) is 7.47. The smallest absolute Gasteiger partial charge is 0.221 e. The number of hydrazine groups is 1. The van der Waals surface area contributed by atoms with Gasteiger partial charge in [-0.2, -0.15) is 0 Å². The van der Waals surface area contributed by atoms with Gasteiger partial charge in [-0.1, -0.05) is 26.7 Å². The summed E-state index contributed by atoms with van der Waals surface area (Å²) in [4.78, 5) is 10.1. The van der Waals surface area contributed by atoms with Gasteiger partial charge in [0.2, 0.25) is 6.41 Å². The predicted molar refractivity (Wildman–Crippen MR) is 46.0 cm³/mol. The molecule has 0 rings (SSSR count). The van der Waals surface area contributed by atoms with Gasteiger partial charge >= 0.3 is 0 Å². The zero-order chi connectivity index (χ0) is 8.53. The molecule has 0 aliphatic heterocycles. The molecule has 3 nitrogen and oxygen atoms in total. The Bertz CT molecular complexity index is 96.1. The van der Waals surface area contributed by atoms with Crippen molar-refractivity contribution in [3.63, 3.8) is 0 Å². The summed E-state index contributed by atoms with van der Waals surface area (Å²) in [5.41, 5.74) is 2.64. The number of carbonyl (C=O) groups is 1. The Labute approximate surface area is 68.7 Å². The molecule has 66 valence electrons. The second-order valence-electron chi connectivity index (χ2n) is 2.53. The van der Waals surface area contributed by atoms with Crippen molar-refractivity contribution < 1.29 is 4.79 Å². The number of amides is 1. The van der Waals surface area contributed by atoms with Crippen molar-refractivity contribution in [2.24, 2.45) is 0 Å². The van der Waals surface area contributed by atoms with Crippen molar-refractivity contribution in [3.8, 4) is 0 Å². The molecule has 0 spiro atoms. The fourth-order valence-electron chi connectivity index (χ4n) is 0.941. The van der Waals surface area contributed by atoms with Crippen LogP contribution in [0.2, 0.25) is 0 Å². The fourth-order valence-corrected chi connectivity index (χ4v) is 0.941. The SMILES string of the molecule is CCCCCN(CC)NC=O. The van der Waals surface area contributed by atoms with E-state index in [9.17, 15) is 4.79 Å². The van der Waals surface area contributed by atoms with Crippen LogP contribution in [0.1, 0.15) is 33.1 Å². The van der Waals surface area contributed by atoms with Gasteiger partial charge in [-0.05, 0) is 6.42 Å². The summed E-state index contributed by atoms with van der Waals surface area (Å²) in [7, 11) is 0. The minimum atomic E-state index is 0.732. The van der Waals surface area contributed by atoms with Gasteiger partial charge in [0, 0.05) is 13.1 Å². The molecule has 0 aliphatic rings. The maximum absolute atomic E-state index is 10.1. The molecule has 0 fully saturated rings. The van der Waals surface area contributed by atoms with Crippen LogP contribution < -0.4 is 5.43 Å². The van der Waals surface area contributed by atoms with Crippen LogP contribution in [0, 0.1) is 0 Å². The highest BCUT2D eigenvalue weighted by molar-refractivity contribution is 5.44. The normalized spacial score (nSPS) is 10.1. The van der Waals surface area contributed by atoms with Gasteiger partial charge in [0.15, 0.2) is 0 Å². The third-order valence-corrected chi connectivity index (χ3v) is 1.65. The first-order valence-corrected chi connectivity index (χ1v) is 4.29. The fraction of sp³-hybridized carbons (Fsp3) is 0.875. The lowest BCUT2D eigenvalue weighted by Crippen LogP contribution is -2.37. The second kappa shape index (κ2) is 7.54. The molecule has 3 heteroatoms. The number of hydrogen-bond acceptors (Lipinski definition) is 2. The van der Waals surface area contributed by atoms with Gasteiger partial charge in [-0.25, -0.2) is 5.01 Å². The molecule has 0 saturated carbocycles. The molecular weight excluding hydrogens is 140 g/mol. The summed E-state index contributed by atoms with van der Waals surface area (Å²) in [5.74, 6) is 0. The minimum absolute atomic E-state index is 0.732. The predicted octanol–water partition coefficient (Wildman–Crippen LogP) is 1.16. The summed E-state index contributed by atoms with van der Waals surface area (Å²) in [6, 6.07) is 0. The van der Waals surface area contributed by atoms with Crippen LogP contribution in [0.4, 0.5) is 0 Å². The maximum atomic E-state index is 10.1. The minimum Gasteiger partial charge on any atom is -0.292 e. The van der Waals surface area contributed by atoms with Crippen molar-refractivity contribution in [1.82, 2.24) is 10.4 Å². The van der Waals surface area contributed by atoms with Crippen molar-refractivity contribution in [3.05, 3.63) is 0 Å². The number of hydrogen-bond donors (Lipinski definition) is 1. The van der Waals surface area contributed by atoms with Crippen LogP contribution in [0.15, 0.2) is 0 Å². The summed E-state index contributed by atoms with van der Waals surface area (Å²) in [6.07, 6.45) is 4.34. The van der Waals surface area contributed by atoms with Crippen LogP contribution in [0.25, 0.3) is 0 Å². The molecular formula is C8H18N2O. The first-order valence-electron chi connectivity index (χ1n) is 4.29. The molecule has 0 heterocycles. The van der Waals surface area contributed by atoms with E-state index in [2.05, 4.69) is 12.3 Å². The lowest BCUT2D eigenvalue weighted by atomic mass is 10.2. The number of nitrogens with zero attached hydrogens (tertiary/aromatic N) is 1. The van der Waals surface area contributed by atoms with E-state index in [4.69, 9.17) is 0 Å². The van der Waals surface area contributed by atoms with E-state index in [-0.39, 0.29) is 0 Å². The molecule has 0 aromatic carbocycles. The Morgan fingerprint density at radius 3 is 2.55 bits per heavy atom. The average Bonchev–Trinajstić information content (AvgIpc) is 2.03. The first-order chi connectivity index (χ1) is 5.35. The number of unbranched alkanes of at least 4 members (excludes halogenated alkanes) is 2. The molecule has 0 aromatic heterocycles. The topological polar surface area (TPSA) is 32.3 Å². The third kappa shape index (κ3) is 5.85. The van der Waals surface area contributed by atoms with Crippen molar-refractivity contribution in [2.45, 2.75) is 33.1 Å². The molecule has 1 N–H and O–H groups in total. The van der Waals surface area contributed by atoms with Gasteiger partial charge in [0.05, 0.1) is 0 Å². The van der Waals surface area contributed by atoms with E-state index >= 15 is 0 Å². The van der Waals surface area contributed by atoms with Crippen molar-refractivity contribution in [1.29, 1.82) is 0 Å². The Balaban J connectivity index is 3.27. The molecule has 1 amide bonds. The summed E-state index contributed by atoms with van der Waals surface area (Å²) >= 11 is 0. The number of carbonyl (C=O) groups excluding carboxylic acids is 1. The highest BCUT2D eigenvalue weighted by Gasteiger charge is 1.97. The van der Waals surface area contributed by atoms with Gasteiger partial charge in [0.1, 0.15) is 0 Å². The highest BCUT2D eigenvalue weighted by Crippen LogP contribution is 1.94. The maximum Gasteiger partial charge on any atom is 0.221 e. The quantitative estimate of drug-likeness (QED) is 0.342. The summed E-state index contributed by atoms with van der Waals surface area (Å²) < 4.78 is 0. The van der Waals surface area contributed by atoms with E-state index < -0.39 is 0 Å². The van der Waals surface area contributed by atoms with Crippen molar-refractivity contribution in [2.75, 3.05) is 13.1 Å². The third-order valence-electron chi connectivity index (χ3n) is 1.65. The van der Waals surface area contributed by atoms with E-state index in [1.54, 1.807) is 0 Å². The number of rotatable bonds is 7. The van der Waals surface area contributed by atoms with Crippen LogP contribution in [0.5, 0.6) is 0 Å². The van der Waals surface area contributed by atoms with Crippen LogP contribution in [-0.2, 0) is 4.79 Å². The summed E-state index contributed by atoms with van der Waals surface area (Å²) in [6.45, 7) is 6.04. The molecule has 0 atom stereocenters. The lowest BCUT2D eigenvalue weighted by molar-refractivity contribution is -0.113. The zero-order valence-corrected chi connectivity index (χ0v) is 7.47. The van der Waals surface area contributed by atoms with E-state index in [1.165, 1.54) is 12.8 Å². The molecule has 0 aromatic rings. The van der Waals surface area contributed by atoms with Crippen LogP contribution >= 0.6 is 0 Å². The Kier molecular flexibility index (Phi) is 7.15. The second-order valence-corrected chi connectivity index (χ2v) is 2.53. The lowest BCUT2D eigenvalue weighted by Gasteiger charge is -2.17. The Morgan fingerprint density at radius 1 is 1.36 bits per heavy atom. The van der Waals surface area contributed by atoms with E-state index in [0.717, 1.165) is 25.9 Å². The average molecular weight is 158 g/mol. The van der Waals surface area contributed by atoms with Gasteiger partial charge in [-0.3, -0.25) is 10.2 Å². The monoisotopic (exact) mass is 158 g/mol. The van der Waals surface area contributed by atoms with Crippen molar-refractivity contribution >= 4 is 6.41 Å². The largest absolute Gasteiger partial charge is 0.292 e. The van der Waals surface area contributed by atoms with Gasteiger partial charge < -0.3 is 0 Å². The molecule has 0 radical (unpaired) electrons. The Morgan fingerprint density at radius 2 is 2.09 bits per heavy atom. The highest BCUT2D eigenvalue weighted by atomic mass is 16.1. The summed E-state index contributed by atoms with van der Waals surface area (Å²) in [5, 5.41) is 1.92. The molecule has 0 unspecified atom stereocenters. The number of nitrogens with one attached hydrogen (secondary N) is 1. The van der Waals surface area contributed by atoms with Crippen LogP contribution in [-0.4, -0.2) is 24.5 Å². The van der Waals surface area contributed by atoms with E-state index in [0.29, 0.717) is 0 Å². The van der Waals surface area contributed by atoms with Gasteiger partial charge in [-0.15, -0.1) is 0 Å². The van der Waals surface area contributed by atoms with Crippen LogP contribution in [0.3, 0.4) is 0 Å². The molecule has 11 heavy (non-hydrogen) atoms. The standard InChI is InChI=1S/C8H18N2O/c1-3-5-6-7-10(4-2)9-8-11/h8H,3-7H2,1-2H3,(H,9,11). The molecule has 0 bridgehead atoms. The van der Waals surface area contributed by atoms with E-state index in [1.807, 2.05) is 11.9 Å².